The first-order chi connectivity index (χ1) is 15.2. The number of halogens is 3. The number of nitrogens with one attached hydrogen (secondary N) is 1. The van der Waals surface area contributed by atoms with Crippen LogP contribution in [-0.2, 0) is 4.79 Å². The first-order valence-corrected chi connectivity index (χ1v) is 10.4. The number of amides is 1. The SMILES string of the molecule is COc1cc(C=C2C(=N)N3N=C(C(F)(F)F)SC3=NC2=O)ccc1OC(=O)c1cccs1. The molecule has 0 saturated heterocycles. The number of hydrazone groups is 1. The van der Waals surface area contributed by atoms with Gasteiger partial charge in [0.15, 0.2) is 17.3 Å². The molecule has 1 aromatic heterocycles. The lowest BCUT2D eigenvalue weighted by molar-refractivity contribution is -0.114. The number of esters is 1. The molecule has 3 heterocycles. The van der Waals surface area contributed by atoms with E-state index >= 15 is 0 Å². The molecule has 4 rings (SSSR count). The standard InChI is InChI=1S/C19H11F3N4O4S2/c1-29-12-8-9(4-5-11(12)30-16(28)13-3-2-6-31-13)7-10-14(23)26-18(24-15(10)27)32-17(25-26)19(20,21)22/h2-8,23H,1H3. The van der Waals surface area contributed by atoms with Gasteiger partial charge in [-0.1, -0.05) is 12.1 Å². The van der Waals surface area contributed by atoms with Crippen LogP contribution in [0.2, 0.25) is 0 Å². The van der Waals surface area contributed by atoms with Gasteiger partial charge in [-0.25, -0.2) is 4.79 Å². The van der Waals surface area contributed by atoms with E-state index < -0.39 is 28.9 Å². The molecule has 2 aliphatic rings. The summed E-state index contributed by atoms with van der Waals surface area (Å²) in [5, 5.41) is 12.3. The summed E-state index contributed by atoms with van der Waals surface area (Å²) in [6.07, 6.45) is -3.45. The molecule has 32 heavy (non-hydrogen) atoms. The Balaban J connectivity index is 1.61. The molecule has 0 bridgehead atoms. The van der Waals surface area contributed by atoms with Gasteiger partial charge < -0.3 is 9.47 Å². The van der Waals surface area contributed by atoms with Crippen LogP contribution in [0.5, 0.6) is 11.5 Å². The fourth-order valence-electron chi connectivity index (χ4n) is 2.68. The lowest BCUT2D eigenvalue weighted by Crippen LogP contribution is -2.35. The van der Waals surface area contributed by atoms with Crippen LogP contribution in [0.4, 0.5) is 13.2 Å². The molecular formula is C19H11F3N4O4S2. The molecule has 13 heteroatoms. The summed E-state index contributed by atoms with van der Waals surface area (Å²) < 4.78 is 49.3. The van der Waals surface area contributed by atoms with E-state index in [4.69, 9.17) is 14.9 Å². The Morgan fingerprint density at radius 3 is 2.69 bits per heavy atom. The molecule has 0 fully saturated rings. The minimum absolute atomic E-state index is 0.133. The van der Waals surface area contributed by atoms with Crippen LogP contribution in [0.15, 0.2) is 51.4 Å². The van der Waals surface area contributed by atoms with Gasteiger partial charge in [0.25, 0.3) is 5.91 Å². The van der Waals surface area contributed by atoms with Crippen molar-refractivity contribution in [1.29, 1.82) is 5.41 Å². The van der Waals surface area contributed by atoms with Gasteiger partial charge in [-0.15, -0.1) is 11.3 Å². The molecule has 2 aliphatic heterocycles. The van der Waals surface area contributed by atoms with Crippen molar-refractivity contribution in [3.05, 3.63) is 51.7 Å². The number of benzene rings is 1. The Labute approximate surface area is 186 Å². The Hall–Kier alpha value is -3.45. The summed E-state index contributed by atoms with van der Waals surface area (Å²) in [4.78, 5) is 28.5. The zero-order valence-corrected chi connectivity index (χ0v) is 17.6. The molecular weight excluding hydrogens is 469 g/mol. The van der Waals surface area contributed by atoms with Crippen molar-refractivity contribution in [2.24, 2.45) is 10.1 Å². The lowest BCUT2D eigenvalue weighted by atomic mass is 10.1. The van der Waals surface area contributed by atoms with Crippen molar-refractivity contribution in [2.45, 2.75) is 6.18 Å². The second-order valence-corrected chi connectivity index (χ2v) is 8.10. The van der Waals surface area contributed by atoms with E-state index in [-0.39, 0.29) is 34.0 Å². The van der Waals surface area contributed by atoms with Crippen molar-refractivity contribution in [1.82, 2.24) is 5.01 Å². The van der Waals surface area contributed by atoms with Gasteiger partial charge in [-0.05, 0) is 47.0 Å². The molecule has 0 spiro atoms. The number of nitrogens with zero attached hydrogens (tertiary/aromatic N) is 3. The van der Waals surface area contributed by atoms with E-state index in [0.717, 1.165) is 0 Å². The molecule has 0 radical (unpaired) electrons. The highest BCUT2D eigenvalue weighted by molar-refractivity contribution is 8.27. The molecule has 8 nitrogen and oxygen atoms in total. The van der Waals surface area contributed by atoms with Gasteiger partial charge in [0.05, 0.1) is 12.7 Å². The highest BCUT2D eigenvalue weighted by Gasteiger charge is 2.46. The van der Waals surface area contributed by atoms with Crippen LogP contribution in [0.3, 0.4) is 0 Å². The number of aliphatic imine (C=N–C) groups is 1. The number of carbonyl (C=O) groups excluding carboxylic acids is 2. The summed E-state index contributed by atoms with van der Waals surface area (Å²) in [5.41, 5.74) is 0.114. The van der Waals surface area contributed by atoms with Crippen molar-refractivity contribution in [2.75, 3.05) is 7.11 Å². The first kappa shape index (κ1) is 21.8. The summed E-state index contributed by atoms with van der Waals surface area (Å²) >= 11 is 1.39. The summed E-state index contributed by atoms with van der Waals surface area (Å²) in [5.74, 6) is -1.68. The molecule has 164 valence electrons. The fraction of sp³-hybridized carbons (Fsp3) is 0.105. The molecule has 1 aromatic carbocycles. The summed E-state index contributed by atoms with van der Waals surface area (Å²) in [6, 6.07) is 7.70. The second-order valence-electron chi connectivity index (χ2n) is 6.20. The second kappa shape index (κ2) is 8.24. The van der Waals surface area contributed by atoms with Crippen molar-refractivity contribution < 1.29 is 32.2 Å². The lowest BCUT2D eigenvalue weighted by Gasteiger charge is -2.20. The van der Waals surface area contributed by atoms with E-state index in [1.54, 1.807) is 17.5 Å². The van der Waals surface area contributed by atoms with Crippen LogP contribution in [0.1, 0.15) is 15.2 Å². The molecule has 1 amide bonds. The van der Waals surface area contributed by atoms with E-state index in [0.29, 0.717) is 15.4 Å². The maximum atomic E-state index is 12.9. The van der Waals surface area contributed by atoms with E-state index in [1.807, 2.05) is 0 Å². The first-order valence-electron chi connectivity index (χ1n) is 8.68. The Kier molecular flexibility index (Phi) is 5.60. The Bertz CT molecular complexity index is 1220. The molecule has 0 aliphatic carbocycles. The average molecular weight is 480 g/mol. The maximum Gasteiger partial charge on any atom is 0.441 e. The molecule has 0 atom stereocenters. The topological polar surface area (TPSA) is 104 Å². The summed E-state index contributed by atoms with van der Waals surface area (Å²) in [7, 11) is 1.36. The number of alkyl halides is 3. The number of ether oxygens (including phenoxy) is 2. The van der Waals surface area contributed by atoms with Gasteiger partial charge >= 0.3 is 12.1 Å². The number of fused-ring (bicyclic) bond motifs is 1. The molecule has 2 aromatic rings. The minimum Gasteiger partial charge on any atom is -0.493 e. The number of amidine groups is 2. The zero-order valence-electron chi connectivity index (χ0n) is 16.0. The normalized spacial score (nSPS) is 17.2. The van der Waals surface area contributed by atoms with Crippen LogP contribution >= 0.6 is 23.1 Å². The predicted molar refractivity (Wildman–Crippen MR) is 113 cm³/mol. The predicted octanol–water partition coefficient (Wildman–Crippen LogP) is 4.16. The summed E-state index contributed by atoms with van der Waals surface area (Å²) in [6.45, 7) is 0. The number of thiophene rings is 1. The Morgan fingerprint density at radius 2 is 2.03 bits per heavy atom. The number of thioether (sulfide) groups is 1. The van der Waals surface area contributed by atoms with E-state index in [2.05, 4.69) is 10.1 Å². The van der Waals surface area contributed by atoms with Crippen LogP contribution in [-0.4, -0.2) is 46.2 Å². The van der Waals surface area contributed by atoms with Gasteiger partial charge in [0, 0.05) is 0 Å². The minimum atomic E-state index is -4.72. The highest BCUT2D eigenvalue weighted by Crippen LogP contribution is 2.36. The number of hydrogen-bond donors (Lipinski definition) is 1. The molecule has 0 saturated carbocycles. The van der Waals surface area contributed by atoms with Crippen LogP contribution in [0.25, 0.3) is 6.08 Å². The smallest absolute Gasteiger partial charge is 0.441 e. The quantitative estimate of drug-likeness (QED) is 0.400. The fourth-order valence-corrected chi connectivity index (χ4v) is 4.03. The molecule has 0 unspecified atom stereocenters. The van der Waals surface area contributed by atoms with Gasteiger partial charge in [-0.3, -0.25) is 10.2 Å². The third-order valence-electron chi connectivity index (χ3n) is 4.12. The third-order valence-corrected chi connectivity index (χ3v) is 5.92. The van der Waals surface area contributed by atoms with Crippen LogP contribution < -0.4 is 9.47 Å². The Morgan fingerprint density at radius 1 is 1.25 bits per heavy atom. The number of rotatable bonds is 4. The monoisotopic (exact) mass is 480 g/mol. The highest BCUT2D eigenvalue weighted by atomic mass is 32.2. The van der Waals surface area contributed by atoms with Gasteiger partial charge in [0.1, 0.15) is 4.88 Å². The zero-order chi connectivity index (χ0) is 23.0. The van der Waals surface area contributed by atoms with Crippen molar-refractivity contribution >= 4 is 57.1 Å². The van der Waals surface area contributed by atoms with E-state index in [1.165, 1.54) is 42.7 Å². The van der Waals surface area contributed by atoms with Crippen molar-refractivity contribution in [3.8, 4) is 11.5 Å². The maximum absolute atomic E-state index is 12.9. The average Bonchev–Trinajstić information content (AvgIpc) is 3.42. The largest absolute Gasteiger partial charge is 0.493 e. The molecule has 1 N–H and O–H groups in total. The number of methoxy groups -OCH3 is 1. The van der Waals surface area contributed by atoms with E-state index in [9.17, 15) is 22.8 Å². The van der Waals surface area contributed by atoms with Gasteiger partial charge in [-0.2, -0.15) is 28.3 Å². The number of hydrogen-bond acceptors (Lipinski definition) is 8. The van der Waals surface area contributed by atoms with Crippen LogP contribution in [0, 0.1) is 5.41 Å². The van der Waals surface area contributed by atoms with Crippen molar-refractivity contribution in [3.63, 3.8) is 0 Å². The van der Waals surface area contributed by atoms with Gasteiger partial charge in [0.2, 0.25) is 10.2 Å². The number of carbonyl (C=O) groups is 2. The third kappa shape index (κ3) is 4.16.